The Bertz CT molecular complexity index is 809. The smallest absolute Gasteiger partial charge is 0.227 e. The van der Waals surface area contributed by atoms with Gasteiger partial charge in [0.1, 0.15) is 11.6 Å². The molecule has 3 aromatic rings. The van der Waals surface area contributed by atoms with Crippen LogP contribution in [0.4, 0.5) is 4.39 Å². The van der Waals surface area contributed by atoms with Gasteiger partial charge in [-0.1, -0.05) is 18.2 Å². The quantitative estimate of drug-likeness (QED) is 0.557. The maximum absolute atomic E-state index is 13.4. The Labute approximate surface area is 134 Å². The van der Waals surface area contributed by atoms with Gasteiger partial charge in [-0.3, -0.25) is 0 Å². The summed E-state index contributed by atoms with van der Waals surface area (Å²) in [5.74, 6) is 0.700. The molecule has 0 amide bonds. The molecule has 106 valence electrons. The number of rotatable bonds is 3. The molecule has 0 saturated heterocycles. The summed E-state index contributed by atoms with van der Waals surface area (Å²) in [7, 11) is 0. The van der Waals surface area contributed by atoms with Crippen molar-refractivity contribution in [3.05, 3.63) is 64.5 Å². The fourth-order valence-corrected chi connectivity index (χ4v) is 2.49. The van der Waals surface area contributed by atoms with E-state index in [4.69, 9.17) is 16.3 Å². The number of aromatic nitrogens is 1. The Balaban J connectivity index is 2.13. The molecule has 21 heavy (non-hydrogen) atoms. The number of alkyl halides is 1. The molecule has 0 bridgehead atoms. The summed E-state index contributed by atoms with van der Waals surface area (Å²) in [5, 5.41) is 1.83. The molecule has 0 spiro atoms. The van der Waals surface area contributed by atoms with E-state index in [2.05, 4.69) is 20.9 Å². The minimum Gasteiger partial charge on any atom is -0.437 e. The predicted octanol–water partition coefficient (Wildman–Crippen LogP) is 5.67. The lowest BCUT2D eigenvalue weighted by Gasteiger charge is -2.11. The second-order valence-electron chi connectivity index (χ2n) is 4.45. The summed E-state index contributed by atoms with van der Waals surface area (Å²) in [6, 6.07) is 13.9. The van der Waals surface area contributed by atoms with E-state index in [-0.39, 0.29) is 11.7 Å². The molecule has 1 aromatic heterocycles. The molecule has 0 N–H and O–H groups in total. The van der Waals surface area contributed by atoms with Gasteiger partial charge in [0.05, 0.1) is 16.0 Å². The highest BCUT2D eigenvalue weighted by Gasteiger charge is 2.10. The van der Waals surface area contributed by atoms with Crippen molar-refractivity contribution in [1.29, 1.82) is 0 Å². The van der Waals surface area contributed by atoms with E-state index >= 15 is 0 Å². The fraction of sp³-hybridized carbons (Fsp3) is 0.0625. The number of fused-ring (bicyclic) bond motifs is 1. The first-order chi connectivity index (χ1) is 10.2. The lowest BCUT2D eigenvalue weighted by atomic mass is 10.1. The molecule has 0 radical (unpaired) electrons. The second kappa shape index (κ2) is 6.00. The Morgan fingerprint density at radius 1 is 1.14 bits per heavy atom. The van der Waals surface area contributed by atoms with Gasteiger partial charge in [0.15, 0.2) is 0 Å². The normalized spacial score (nSPS) is 10.8. The van der Waals surface area contributed by atoms with E-state index in [1.807, 2.05) is 30.3 Å². The third kappa shape index (κ3) is 3.01. The van der Waals surface area contributed by atoms with Crippen molar-refractivity contribution in [2.45, 2.75) is 5.88 Å². The van der Waals surface area contributed by atoms with Gasteiger partial charge in [0.25, 0.3) is 0 Å². The highest BCUT2D eigenvalue weighted by atomic mass is 79.9. The van der Waals surface area contributed by atoms with E-state index in [0.29, 0.717) is 21.8 Å². The highest BCUT2D eigenvalue weighted by molar-refractivity contribution is 9.10. The highest BCUT2D eigenvalue weighted by Crippen LogP contribution is 2.33. The lowest BCUT2D eigenvalue weighted by molar-refractivity contribution is 0.460. The molecule has 2 aromatic carbocycles. The average Bonchev–Trinajstić information content (AvgIpc) is 2.50. The summed E-state index contributed by atoms with van der Waals surface area (Å²) in [6.07, 6.45) is 0. The molecule has 5 heteroatoms. The molecule has 0 unspecified atom stereocenters. The predicted molar refractivity (Wildman–Crippen MR) is 85.5 cm³/mol. The number of benzene rings is 2. The van der Waals surface area contributed by atoms with Crippen LogP contribution in [0.25, 0.3) is 10.8 Å². The van der Waals surface area contributed by atoms with Crippen molar-refractivity contribution < 1.29 is 9.13 Å². The topological polar surface area (TPSA) is 22.1 Å². The van der Waals surface area contributed by atoms with Crippen LogP contribution in [0.5, 0.6) is 11.6 Å². The molecule has 0 aliphatic carbocycles. The van der Waals surface area contributed by atoms with Gasteiger partial charge in [0.2, 0.25) is 5.88 Å². The molecule has 0 aliphatic rings. The Kier molecular flexibility index (Phi) is 4.08. The van der Waals surface area contributed by atoms with Crippen LogP contribution >= 0.6 is 27.5 Å². The molecule has 0 atom stereocenters. The molecular weight excluding hydrogens is 357 g/mol. The maximum atomic E-state index is 13.4. The van der Waals surface area contributed by atoms with E-state index in [1.54, 1.807) is 6.07 Å². The standard InChI is InChI=1S/C16H10BrClFNO/c17-14-6-5-11(19)8-15(14)21-16-13-4-2-1-3-10(13)7-12(9-18)20-16/h1-8H,9H2. The molecule has 2 nitrogen and oxygen atoms in total. The van der Waals surface area contributed by atoms with Crippen LogP contribution in [-0.4, -0.2) is 4.98 Å². The number of halogens is 3. The van der Waals surface area contributed by atoms with Gasteiger partial charge in [0, 0.05) is 11.5 Å². The summed E-state index contributed by atoms with van der Waals surface area (Å²) in [5.41, 5.74) is 0.706. The summed E-state index contributed by atoms with van der Waals surface area (Å²) in [4.78, 5) is 4.39. The van der Waals surface area contributed by atoms with Crippen molar-refractivity contribution in [1.82, 2.24) is 4.98 Å². The molecule has 0 fully saturated rings. The zero-order chi connectivity index (χ0) is 14.8. The van der Waals surface area contributed by atoms with Gasteiger partial charge in [-0.15, -0.1) is 11.6 Å². The Hall–Kier alpha value is -1.65. The molecule has 3 rings (SSSR count). The van der Waals surface area contributed by atoms with E-state index < -0.39 is 0 Å². The van der Waals surface area contributed by atoms with Gasteiger partial charge in [-0.05, 0) is 45.6 Å². The van der Waals surface area contributed by atoms with Crippen LogP contribution in [0, 0.1) is 5.82 Å². The van der Waals surface area contributed by atoms with E-state index in [9.17, 15) is 4.39 Å². The first-order valence-corrected chi connectivity index (χ1v) is 7.57. The van der Waals surface area contributed by atoms with E-state index in [1.165, 1.54) is 12.1 Å². The van der Waals surface area contributed by atoms with Crippen molar-refractivity contribution in [3.63, 3.8) is 0 Å². The Morgan fingerprint density at radius 2 is 1.95 bits per heavy atom. The van der Waals surface area contributed by atoms with Gasteiger partial charge < -0.3 is 4.74 Å². The summed E-state index contributed by atoms with van der Waals surface area (Å²) < 4.78 is 19.8. The number of ether oxygens (including phenoxy) is 1. The average molecular weight is 367 g/mol. The third-order valence-corrected chi connectivity index (χ3v) is 3.92. The summed E-state index contributed by atoms with van der Waals surface area (Å²) in [6.45, 7) is 0. The largest absolute Gasteiger partial charge is 0.437 e. The van der Waals surface area contributed by atoms with Crippen LogP contribution in [0.1, 0.15) is 5.69 Å². The van der Waals surface area contributed by atoms with Gasteiger partial charge in [-0.2, -0.15) is 0 Å². The van der Waals surface area contributed by atoms with Crippen molar-refractivity contribution in [3.8, 4) is 11.6 Å². The molecule has 0 saturated carbocycles. The van der Waals surface area contributed by atoms with Gasteiger partial charge in [-0.25, -0.2) is 9.37 Å². The van der Waals surface area contributed by atoms with Crippen LogP contribution in [0.2, 0.25) is 0 Å². The second-order valence-corrected chi connectivity index (χ2v) is 5.57. The number of hydrogen-bond acceptors (Lipinski definition) is 2. The van der Waals surface area contributed by atoms with Crippen molar-refractivity contribution >= 4 is 38.3 Å². The minimum absolute atomic E-state index is 0.283. The maximum Gasteiger partial charge on any atom is 0.227 e. The van der Waals surface area contributed by atoms with Crippen LogP contribution in [0.15, 0.2) is 53.0 Å². The minimum atomic E-state index is -0.369. The van der Waals surface area contributed by atoms with Gasteiger partial charge >= 0.3 is 0 Å². The third-order valence-electron chi connectivity index (χ3n) is 3.00. The van der Waals surface area contributed by atoms with Crippen LogP contribution in [0.3, 0.4) is 0 Å². The molecule has 0 aliphatic heterocycles. The zero-order valence-electron chi connectivity index (χ0n) is 10.8. The monoisotopic (exact) mass is 365 g/mol. The molecule has 1 heterocycles. The van der Waals surface area contributed by atoms with Crippen molar-refractivity contribution in [2.75, 3.05) is 0 Å². The van der Waals surface area contributed by atoms with Crippen LogP contribution < -0.4 is 4.74 Å². The van der Waals surface area contributed by atoms with Crippen molar-refractivity contribution in [2.24, 2.45) is 0 Å². The first kappa shape index (κ1) is 14.3. The number of hydrogen-bond donors (Lipinski definition) is 0. The SMILES string of the molecule is Fc1ccc(Br)c(Oc2nc(CCl)cc3ccccc23)c1. The molecular formula is C16H10BrClFNO. The fourth-order valence-electron chi connectivity index (χ4n) is 2.03. The lowest BCUT2D eigenvalue weighted by Crippen LogP contribution is -1.94. The number of pyridine rings is 1. The number of nitrogens with zero attached hydrogens (tertiary/aromatic N) is 1. The Morgan fingerprint density at radius 3 is 2.76 bits per heavy atom. The van der Waals surface area contributed by atoms with E-state index in [0.717, 1.165) is 10.8 Å². The first-order valence-electron chi connectivity index (χ1n) is 6.25. The zero-order valence-corrected chi connectivity index (χ0v) is 13.2. The van der Waals surface area contributed by atoms with Crippen LogP contribution in [-0.2, 0) is 5.88 Å². The summed E-state index contributed by atoms with van der Waals surface area (Å²) >= 11 is 9.21.